The molecule has 26 heavy (non-hydrogen) atoms. The molecule has 0 fully saturated rings. The molecule has 0 saturated carbocycles. The van der Waals surface area contributed by atoms with Crippen molar-refractivity contribution in [2.24, 2.45) is 0 Å². The highest BCUT2D eigenvalue weighted by molar-refractivity contribution is 6.08. The first-order valence-corrected chi connectivity index (χ1v) is 8.58. The van der Waals surface area contributed by atoms with Gasteiger partial charge in [0.2, 0.25) is 0 Å². The summed E-state index contributed by atoms with van der Waals surface area (Å²) in [6.45, 7) is 6.61. The monoisotopic (exact) mass is 355 g/mol. The van der Waals surface area contributed by atoms with Gasteiger partial charge in [-0.2, -0.15) is 0 Å². The molecule has 0 unspecified atom stereocenters. The highest BCUT2D eigenvalue weighted by Gasteiger charge is 2.15. The lowest BCUT2D eigenvalue weighted by atomic mass is 10.0. The predicted octanol–water partition coefficient (Wildman–Crippen LogP) is 3.96. The number of benzene rings is 2. The number of rotatable bonds is 7. The molecule has 0 saturated heterocycles. The van der Waals surface area contributed by atoms with E-state index < -0.39 is 11.7 Å². The van der Waals surface area contributed by atoms with Crippen LogP contribution in [0.25, 0.3) is 0 Å². The van der Waals surface area contributed by atoms with E-state index in [4.69, 9.17) is 9.47 Å². The third-order valence-electron chi connectivity index (χ3n) is 3.44. The Hall–Kier alpha value is -2.66. The summed E-state index contributed by atoms with van der Waals surface area (Å²) >= 11 is 0. The van der Waals surface area contributed by atoms with E-state index in [0.717, 1.165) is 5.56 Å². The van der Waals surface area contributed by atoms with Gasteiger partial charge in [-0.05, 0) is 26.3 Å². The molecule has 0 heterocycles. The SMILES string of the molecule is CC(C)(C)OC(=O)NCCOCc1ccc(C(=O)c2ccccc2)cc1. The van der Waals surface area contributed by atoms with E-state index >= 15 is 0 Å². The molecule has 2 rings (SSSR count). The fourth-order valence-electron chi connectivity index (χ4n) is 2.24. The summed E-state index contributed by atoms with van der Waals surface area (Å²) in [6.07, 6.45) is -0.454. The first-order chi connectivity index (χ1) is 12.3. The quantitative estimate of drug-likeness (QED) is 0.603. The van der Waals surface area contributed by atoms with Gasteiger partial charge in [0.05, 0.1) is 13.2 Å². The van der Waals surface area contributed by atoms with Gasteiger partial charge in [0.25, 0.3) is 0 Å². The molecule has 5 nitrogen and oxygen atoms in total. The molecule has 1 amide bonds. The van der Waals surface area contributed by atoms with Crippen LogP contribution >= 0.6 is 0 Å². The molecular weight excluding hydrogens is 330 g/mol. The minimum atomic E-state index is -0.510. The molecule has 2 aromatic rings. The van der Waals surface area contributed by atoms with Gasteiger partial charge in [-0.25, -0.2) is 4.79 Å². The van der Waals surface area contributed by atoms with E-state index in [2.05, 4.69) is 5.32 Å². The number of carbonyl (C=O) groups excluding carboxylic acids is 2. The normalized spacial score (nSPS) is 11.0. The van der Waals surface area contributed by atoms with Crippen molar-refractivity contribution in [3.8, 4) is 0 Å². The van der Waals surface area contributed by atoms with Gasteiger partial charge < -0.3 is 14.8 Å². The number of ketones is 1. The average Bonchev–Trinajstić information content (AvgIpc) is 2.60. The molecule has 138 valence electrons. The number of hydrogen-bond donors (Lipinski definition) is 1. The van der Waals surface area contributed by atoms with Crippen LogP contribution in [0.2, 0.25) is 0 Å². The molecule has 0 atom stereocenters. The van der Waals surface area contributed by atoms with Crippen LogP contribution in [0.3, 0.4) is 0 Å². The molecular formula is C21H25NO4. The lowest BCUT2D eigenvalue weighted by Crippen LogP contribution is -2.34. The average molecular weight is 355 g/mol. The Morgan fingerprint density at radius 1 is 0.923 bits per heavy atom. The summed E-state index contributed by atoms with van der Waals surface area (Å²) in [7, 11) is 0. The fourth-order valence-corrected chi connectivity index (χ4v) is 2.24. The summed E-state index contributed by atoms with van der Waals surface area (Å²) in [5, 5.41) is 2.64. The summed E-state index contributed by atoms with van der Waals surface area (Å²) < 4.78 is 10.7. The molecule has 0 bridgehead atoms. The van der Waals surface area contributed by atoms with E-state index in [1.165, 1.54) is 0 Å². The molecule has 0 radical (unpaired) electrons. The van der Waals surface area contributed by atoms with Crippen LogP contribution in [0.4, 0.5) is 4.79 Å². The Balaban J connectivity index is 1.73. The lowest BCUT2D eigenvalue weighted by molar-refractivity contribution is 0.0494. The van der Waals surface area contributed by atoms with Crippen LogP contribution in [-0.4, -0.2) is 30.6 Å². The van der Waals surface area contributed by atoms with Crippen molar-refractivity contribution in [3.05, 3.63) is 71.3 Å². The number of ether oxygens (including phenoxy) is 2. The van der Waals surface area contributed by atoms with Gasteiger partial charge >= 0.3 is 6.09 Å². The van der Waals surface area contributed by atoms with Crippen molar-refractivity contribution < 1.29 is 19.1 Å². The van der Waals surface area contributed by atoms with E-state index in [1.807, 2.05) is 51.1 Å². The maximum Gasteiger partial charge on any atom is 0.407 e. The topological polar surface area (TPSA) is 64.6 Å². The first-order valence-electron chi connectivity index (χ1n) is 8.58. The Kier molecular flexibility index (Phi) is 6.92. The molecule has 0 aliphatic carbocycles. The van der Waals surface area contributed by atoms with Crippen molar-refractivity contribution >= 4 is 11.9 Å². The molecule has 0 spiro atoms. The maximum atomic E-state index is 12.3. The Morgan fingerprint density at radius 2 is 1.54 bits per heavy atom. The van der Waals surface area contributed by atoms with Crippen LogP contribution in [0.1, 0.15) is 42.3 Å². The Bertz CT molecular complexity index is 718. The molecule has 0 aromatic heterocycles. The molecule has 0 aliphatic rings. The largest absolute Gasteiger partial charge is 0.444 e. The zero-order chi connectivity index (χ0) is 19.0. The van der Waals surface area contributed by atoms with Crippen LogP contribution < -0.4 is 5.32 Å². The third-order valence-corrected chi connectivity index (χ3v) is 3.44. The van der Waals surface area contributed by atoms with Crippen LogP contribution in [0.15, 0.2) is 54.6 Å². The van der Waals surface area contributed by atoms with Crippen molar-refractivity contribution in [1.29, 1.82) is 0 Å². The van der Waals surface area contributed by atoms with Crippen LogP contribution in [-0.2, 0) is 16.1 Å². The second kappa shape index (κ2) is 9.15. The summed E-state index contributed by atoms with van der Waals surface area (Å²) in [4.78, 5) is 23.8. The van der Waals surface area contributed by atoms with Gasteiger partial charge in [-0.3, -0.25) is 4.79 Å². The first kappa shape index (κ1) is 19.7. The van der Waals surface area contributed by atoms with Crippen molar-refractivity contribution in [3.63, 3.8) is 0 Å². The number of hydrogen-bond acceptors (Lipinski definition) is 4. The molecule has 5 heteroatoms. The minimum absolute atomic E-state index is 0.000343. The van der Waals surface area contributed by atoms with E-state index in [0.29, 0.717) is 30.9 Å². The minimum Gasteiger partial charge on any atom is -0.444 e. The van der Waals surface area contributed by atoms with E-state index in [9.17, 15) is 9.59 Å². The van der Waals surface area contributed by atoms with E-state index in [-0.39, 0.29) is 5.78 Å². The maximum absolute atomic E-state index is 12.3. The Morgan fingerprint density at radius 3 is 2.15 bits per heavy atom. The van der Waals surface area contributed by atoms with Gasteiger partial charge in [0.1, 0.15) is 5.60 Å². The second-order valence-corrected chi connectivity index (χ2v) is 6.87. The zero-order valence-corrected chi connectivity index (χ0v) is 15.5. The van der Waals surface area contributed by atoms with Gasteiger partial charge in [-0.1, -0.05) is 54.6 Å². The Labute approximate surface area is 154 Å². The molecule has 0 aliphatic heterocycles. The number of nitrogens with one attached hydrogen (secondary N) is 1. The second-order valence-electron chi connectivity index (χ2n) is 6.87. The highest BCUT2D eigenvalue weighted by Crippen LogP contribution is 2.11. The lowest BCUT2D eigenvalue weighted by Gasteiger charge is -2.19. The van der Waals surface area contributed by atoms with Crippen molar-refractivity contribution in [2.45, 2.75) is 33.0 Å². The number of alkyl carbamates (subject to hydrolysis) is 1. The third kappa shape index (κ3) is 6.69. The van der Waals surface area contributed by atoms with Crippen LogP contribution in [0, 0.1) is 0 Å². The van der Waals surface area contributed by atoms with Gasteiger partial charge in [-0.15, -0.1) is 0 Å². The van der Waals surface area contributed by atoms with Gasteiger partial charge in [0.15, 0.2) is 5.78 Å². The predicted molar refractivity (Wildman–Crippen MR) is 100 cm³/mol. The molecule has 1 N–H and O–H groups in total. The summed E-state index contributed by atoms with van der Waals surface area (Å²) in [5.74, 6) is -0.000343. The molecule has 2 aromatic carbocycles. The summed E-state index contributed by atoms with van der Waals surface area (Å²) in [6, 6.07) is 16.5. The smallest absolute Gasteiger partial charge is 0.407 e. The van der Waals surface area contributed by atoms with Gasteiger partial charge in [0, 0.05) is 17.7 Å². The fraction of sp³-hybridized carbons (Fsp3) is 0.333. The highest BCUT2D eigenvalue weighted by atomic mass is 16.6. The number of carbonyl (C=O) groups is 2. The zero-order valence-electron chi connectivity index (χ0n) is 15.5. The van der Waals surface area contributed by atoms with Crippen LogP contribution in [0.5, 0.6) is 0 Å². The van der Waals surface area contributed by atoms with Crippen molar-refractivity contribution in [1.82, 2.24) is 5.32 Å². The number of amides is 1. The van der Waals surface area contributed by atoms with Crippen molar-refractivity contribution in [2.75, 3.05) is 13.2 Å². The summed E-state index contributed by atoms with van der Waals surface area (Å²) in [5.41, 5.74) is 1.77. The standard InChI is InChI=1S/C21H25NO4/c1-21(2,3)26-20(24)22-13-14-25-15-16-9-11-18(12-10-16)19(23)17-7-5-4-6-8-17/h4-12H,13-15H2,1-3H3,(H,22,24). The van der Waals surface area contributed by atoms with E-state index in [1.54, 1.807) is 24.3 Å².